The van der Waals surface area contributed by atoms with E-state index in [1.54, 1.807) is 0 Å². The highest BCUT2D eigenvalue weighted by Gasteiger charge is 2.24. The Morgan fingerprint density at radius 3 is 1.97 bits per heavy atom. The molecule has 5 heteroatoms. The number of amides is 2. The van der Waals surface area contributed by atoms with Crippen molar-refractivity contribution in [2.24, 2.45) is 0 Å². The number of hydrogen-bond acceptors (Lipinski definition) is 3. The number of rotatable bonds is 7. The van der Waals surface area contributed by atoms with Crippen molar-refractivity contribution >= 4 is 22.6 Å². The largest absolute Gasteiger partial charge is 0.393 e. The second kappa shape index (κ2) is 11.5. The molecule has 2 amide bonds. The van der Waals surface area contributed by atoms with Gasteiger partial charge < -0.3 is 15.7 Å². The van der Waals surface area contributed by atoms with Gasteiger partial charge in [0.05, 0.1) is 11.7 Å². The van der Waals surface area contributed by atoms with Crippen molar-refractivity contribution in [1.82, 2.24) is 10.6 Å². The number of hydrogen-bond donors (Lipinski definition) is 3. The summed E-state index contributed by atoms with van der Waals surface area (Å²) in [7, 11) is 0. The molecule has 0 aliphatic carbocycles. The van der Waals surface area contributed by atoms with Gasteiger partial charge >= 0.3 is 0 Å². The summed E-state index contributed by atoms with van der Waals surface area (Å²) in [5.41, 5.74) is 3.26. The summed E-state index contributed by atoms with van der Waals surface area (Å²) < 4.78 is 0. The van der Waals surface area contributed by atoms with Crippen LogP contribution >= 0.6 is 0 Å². The van der Waals surface area contributed by atoms with Crippen molar-refractivity contribution in [3.05, 3.63) is 82.4 Å². The van der Waals surface area contributed by atoms with Crippen LogP contribution in [-0.2, 0) is 18.3 Å². The van der Waals surface area contributed by atoms with E-state index in [1.165, 1.54) is 0 Å². The van der Waals surface area contributed by atoms with Crippen molar-refractivity contribution in [3.63, 3.8) is 0 Å². The van der Waals surface area contributed by atoms with E-state index in [9.17, 15) is 14.7 Å². The van der Waals surface area contributed by atoms with Crippen LogP contribution in [0.25, 0.3) is 10.8 Å². The van der Waals surface area contributed by atoms with Gasteiger partial charge in [-0.25, -0.2) is 0 Å². The molecule has 3 rings (SSSR count). The topological polar surface area (TPSA) is 78.4 Å². The molecule has 0 unspecified atom stereocenters. The molecule has 1 atom stereocenters. The van der Waals surface area contributed by atoms with E-state index in [2.05, 4.69) is 37.5 Å². The molecular formula is C34H46N2O3. The van der Waals surface area contributed by atoms with Crippen LogP contribution < -0.4 is 10.6 Å². The highest BCUT2D eigenvalue weighted by atomic mass is 16.3. The first-order valence-electron chi connectivity index (χ1n) is 13.9. The van der Waals surface area contributed by atoms with Crippen LogP contribution in [0, 0.1) is 0 Å². The third-order valence-corrected chi connectivity index (χ3v) is 6.64. The first-order valence-corrected chi connectivity index (χ1v) is 13.9. The molecule has 0 radical (unpaired) electrons. The summed E-state index contributed by atoms with van der Waals surface area (Å²) in [4.78, 5) is 26.6. The number of aliphatic hydroxyl groups is 1. The Labute approximate surface area is 234 Å². The van der Waals surface area contributed by atoms with E-state index in [-0.39, 0.29) is 28.3 Å². The second-order valence-electron chi connectivity index (χ2n) is 13.7. The van der Waals surface area contributed by atoms with Gasteiger partial charge in [-0.15, -0.1) is 0 Å². The summed E-state index contributed by atoms with van der Waals surface area (Å²) in [5.74, 6) is -0.242. The molecule has 3 aromatic rings. The first-order chi connectivity index (χ1) is 17.9. The number of aryl methyl sites for hydroxylation is 1. The average molecular weight is 531 g/mol. The lowest BCUT2D eigenvalue weighted by Crippen LogP contribution is -2.41. The lowest BCUT2D eigenvalue weighted by atomic mass is 9.84. The zero-order valence-electron chi connectivity index (χ0n) is 25.2. The Morgan fingerprint density at radius 1 is 0.769 bits per heavy atom. The lowest BCUT2D eigenvalue weighted by molar-refractivity contribution is 0.0907. The van der Waals surface area contributed by atoms with E-state index in [0.717, 1.165) is 27.5 Å². The van der Waals surface area contributed by atoms with Gasteiger partial charge in [0.25, 0.3) is 11.8 Å². The van der Waals surface area contributed by atoms with Gasteiger partial charge in [-0.05, 0) is 99.7 Å². The molecule has 0 aromatic heterocycles. The predicted molar refractivity (Wildman–Crippen MR) is 162 cm³/mol. The monoisotopic (exact) mass is 530 g/mol. The Balaban J connectivity index is 1.87. The van der Waals surface area contributed by atoms with Crippen LogP contribution in [0.1, 0.15) is 106 Å². The van der Waals surface area contributed by atoms with Gasteiger partial charge in [0.2, 0.25) is 0 Å². The summed E-state index contributed by atoms with van der Waals surface area (Å²) in [5, 5.41) is 19.2. The summed E-state index contributed by atoms with van der Waals surface area (Å²) in [6.45, 7) is 18.2. The molecule has 3 N–H and O–H groups in total. The Kier molecular flexibility index (Phi) is 8.96. The molecule has 0 bridgehead atoms. The van der Waals surface area contributed by atoms with Crippen LogP contribution in [0.2, 0.25) is 0 Å². The SMILES string of the molecule is CC(C)(C)NC(=O)c1cc(C(C)(C)C)ccc1CC[C@H](O)Cc1ccc2ccccc2c1C(=O)NC(C)(C)C. The van der Waals surface area contributed by atoms with E-state index in [4.69, 9.17) is 0 Å². The minimum Gasteiger partial charge on any atom is -0.393 e. The minimum atomic E-state index is -0.673. The van der Waals surface area contributed by atoms with Crippen molar-refractivity contribution in [3.8, 4) is 0 Å². The van der Waals surface area contributed by atoms with Crippen molar-refractivity contribution < 1.29 is 14.7 Å². The van der Waals surface area contributed by atoms with Gasteiger partial charge in [0.1, 0.15) is 0 Å². The zero-order valence-corrected chi connectivity index (χ0v) is 25.2. The smallest absolute Gasteiger partial charge is 0.252 e. The van der Waals surface area contributed by atoms with Crippen molar-refractivity contribution in [2.75, 3.05) is 0 Å². The highest BCUT2D eigenvalue weighted by molar-refractivity contribution is 6.08. The number of nitrogens with one attached hydrogen (secondary N) is 2. The van der Waals surface area contributed by atoms with E-state index < -0.39 is 6.10 Å². The molecule has 5 nitrogen and oxygen atoms in total. The van der Waals surface area contributed by atoms with Gasteiger partial charge in [-0.1, -0.05) is 69.3 Å². The fourth-order valence-electron chi connectivity index (χ4n) is 4.72. The van der Waals surface area contributed by atoms with Gasteiger partial charge in [0, 0.05) is 16.6 Å². The van der Waals surface area contributed by atoms with Crippen LogP contribution in [0.15, 0.2) is 54.6 Å². The fourth-order valence-corrected chi connectivity index (χ4v) is 4.72. The third kappa shape index (κ3) is 8.40. The molecule has 0 heterocycles. The molecule has 0 fully saturated rings. The predicted octanol–water partition coefficient (Wildman–Crippen LogP) is 6.73. The van der Waals surface area contributed by atoms with Crippen molar-refractivity contribution in [2.45, 2.75) is 104 Å². The van der Waals surface area contributed by atoms with Gasteiger partial charge in [-0.2, -0.15) is 0 Å². The van der Waals surface area contributed by atoms with E-state index >= 15 is 0 Å². The van der Waals surface area contributed by atoms with Crippen LogP contribution in [-0.4, -0.2) is 34.1 Å². The summed E-state index contributed by atoms with van der Waals surface area (Å²) in [6.07, 6.45) is 0.697. The average Bonchev–Trinajstić information content (AvgIpc) is 2.79. The Hall–Kier alpha value is -3.18. The molecule has 0 saturated heterocycles. The molecular weight excluding hydrogens is 484 g/mol. The van der Waals surface area contributed by atoms with Gasteiger partial charge in [0.15, 0.2) is 0 Å². The molecule has 210 valence electrons. The molecule has 39 heavy (non-hydrogen) atoms. The molecule has 0 aliphatic heterocycles. The summed E-state index contributed by atoms with van der Waals surface area (Å²) >= 11 is 0. The number of aliphatic hydroxyl groups excluding tert-OH is 1. The second-order valence-corrected chi connectivity index (χ2v) is 13.7. The minimum absolute atomic E-state index is 0.0884. The molecule has 3 aromatic carbocycles. The highest BCUT2D eigenvalue weighted by Crippen LogP contribution is 2.28. The van der Waals surface area contributed by atoms with Crippen molar-refractivity contribution in [1.29, 1.82) is 0 Å². The lowest BCUT2D eigenvalue weighted by Gasteiger charge is -2.25. The third-order valence-electron chi connectivity index (χ3n) is 6.64. The number of carbonyl (C=O) groups excluding carboxylic acids is 2. The fraction of sp³-hybridized carbons (Fsp3) is 0.471. The Bertz CT molecular complexity index is 1340. The van der Waals surface area contributed by atoms with E-state index in [0.29, 0.717) is 30.4 Å². The van der Waals surface area contributed by atoms with E-state index in [1.807, 2.05) is 90.1 Å². The standard InChI is InChI=1S/C34H46N2O3/c1-32(2,3)25-18-16-23(28(21-25)30(38)35-33(4,5)6)17-19-26(37)20-24-15-14-22-12-10-11-13-27(22)29(24)31(39)36-34(7,8)9/h10-16,18,21,26,37H,17,19-20H2,1-9H3,(H,35,38)(H,36,39)/t26-/m0/s1. The number of carbonyl (C=O) groups is 2. The Morgan fingerprint density at radius 2 is 1.36 bits per heavy atom. The normalized spacial score (nSPS) is 13.3. The maximum atomic E-state index is 13.4. The first kappa shape index (κ1) is 30.4. The number of fused-ring (bicyclic) bond motifs is 1. The molecule has 0 saturated carbocycles. The van der Waals surface area contributed by atoms with Crippen LogP contribution in [0.5, 0.6) is 0 Å². The number of benzene rings is 3. The zero-order chi connectivity index (χ0) is 29.2. The maximum Gasteiger partial charge on any atom is 0.252 e. The molecule has 0 aliphatic rings. The van der Waals surface area contributed by atoms with Crippen LogP contribution in [0.3, 0.4) is 0 Å². The maximum absolute atomic E-state index is 13.4. The quantitative estimate of drug-likeness (QED) is 0.317. The van der Waals surface area contributed by atoms with Gasteiger partial charge in [-0.3, -0.25) is 9.59 Å². The summed E-state index contributed by atoms with van der Waals surface area (Å²) in [6, 6.07) is 17.9. The molecule has 0 spiro atoms. The van der Waals surface area contributed by atoms with Crippen LogP contribution in [0.4, 0.5) is 0 Å².